The van der Waals surface area contributed by atoms with Crippen LogP contribution in [0.5, 0.6) is 0 Å². The molecule has 0 aliphatic rings. The predicted octanol–water partition coefficient (Wildman–Crippen LogP) is 1.78. The smallest absolute Gasteiger partial charge is 0.0582 e. The highest BCUT2D eigenvalue weighted by molar-refractivity contribution is 5.46. The van der Waals surface area contributed by atoms with Crippen LogP contribution in [0.1, 0.15) is 25.5 Å². The number of rotatable bonds is 5. The Kier molecular flexibility index (Phi) is 4.77. The summed E-state index contributed by atoms with van der Waals surface area (Å²) in [5, 5.41) is 12.3. The van der Waals surface area contributed by atoms with E-state index < -0.39 is 0 Å². The Morgan fingerprint density at radius 2 is 1.75 bits per heavy atom. The molecule has 1 aromatic carbocycles. The van der Waals surface area contributed by atoms with Gasteiger partial charge in [-0.2, -0.15) is 0 Å². The summed E-state index contributed by atoms with van der Waals surface area (Å²) in [4.78, 5) is 2.08. The van der Waals surface area contributed by atoms with Crippen LogP contribution in [-0.4, -0.2) is 31.9 Å². The van der Waals surface area contributed by atoms with Gasteiger partial charge in [0.1, 0.15) is 0 Å². The van der Waals surface area contributed by atoms with E-state index in [1.807, 2.05) is 21.0 Å². The van der Waals surface area contributed by atoms with Gasteiger partial charge in [0, 0.05) is 31.9 Å². The lowest BCUT2D eigenvalue weighted by molar-refractivity contribution is 0.243. The van der Waals surface area contributed by atoms with E-state index >= 15 is 0 Å². The van der Waals surface area contributed by atoms with Crippen molar-refractivity contribution in [2.24, 2.45) is 0 Å². The molecule has 0 amide bonds. The van der Waals surface area contributed by atoms with Crippen LogP contribution in [0.3, 0.4) is 0 Å². The summed E-state index contributed by atoms with van der Waals surface area (Å²) in [5.41, 5.74) is 2.44. The van der Waals surface area contributed by atoms with Gasteiger partial charge in [0.15, 0.2) is 0 Å². The molecular weight excluding hydrogens is 200 g/mol. The molecule has 2 unspecified atom stereocenters. The van der Waals surface area contributed by atoms with Gasteiger partial charge in [-0.3, -0.25) is 0 Å². The van der Waals surface area contributed by atoms with Crippen molar-refractivity contribution in [2.75, 3.05) is 25.6 Å². The molecule has 0 heterocycles. The van der Waals surface area contributed by atoms with Crippen LogP contribution in [0, 0.1) is 0 Å². The normalized spacial score (nSPS) is 14.6. The maximum atomic E-state index is 8.98. The first kappa shape index (κ1) is 13.0. The fourth-order valence-corrected chi connectivity index (χ4v) is 1.64. The van der Waals surface area contributed by atoms with Gasteiger partial charge >= 0.3 is 0 Å². The average molecular weight is 222 g/mol. The number of hydrogen-bond acceptors (Lipinski definition) is 3. The summed E-state index contributed by atoms with van der Waals surface area (Å²) < 4.78 is 0. The van der Waals surface area contributed by atoms with Crippen LogP contribution in [0.25, 0.3) is 0 Å². The van der Waals surface area contributed by atoms with E-state index in [4.69, 9.17) is 5.11 Å². The highest BCUT2D eigenvalue weighted by Gasteiger charge is 2.08. The zero-order valence-electron chi connectivity index (χ0n) is 10.6. The van der Waals surface area contributed by atoms with Gasteiger partial charge in [-0.15, -0.1) is 0 Å². The number of aliphatic hydroxyl groups excluding tert-OH is 1. The van der Waals surface area contributed by atoms with Gasteiger partial charge in [-0.1, -0.05) is 12.1 Å². The SMILES string of the molecule is CC(CO)NC(C)c1ccc(N(C)C)cc1. The lowest BCUT2D eigenvalue weighted by Gasteiger charge is -2.20. The van der Waals surface area contributed by atoms with Crippen LogP contribution in [-0.2, 0) is 0 Å². The molecule has 3 nitrogen and oxygen atoms in total. The van der Waals surface area contributed by atoms with E-state index in [-0.39, 0.29) is 18.7 Å². The van der Waals surface area contributed by atoms with Gasteiger partial charge in [0.05, 0.1) is 6.61 Å². The third kappa shape index (κ3) is 3.51. The number of anilines is 1. The topological polar surface area (TPSA) is 35.5 Å². The fraction of sp³-hybridized carbons (Fsp3) is 0.538. The molecule has 0 fully saturated rings. The third-order valence-corrected chi connectivity index (χ3v) is 2.72. The van der Waals surface area contributed by atoms with Crippen molar-refractivity contribution in [3.05, 3.63) is 29.8 Å². The van der Waals surface area contributed by atoms with E-state index in [9.17, 15) is 0 Å². The van der Waals surface area contributed by atoms with Gasteiger partial charge < -0.3 is 15.3 Å². The first-order chi connectivity index (χ1) is 7.54. The highest BCUT2D eigenvalue weighted by Crippen LogP contribution is 2.17. The molecule has 0 aliphatic carbocycles. The highest BCUT2D eigenvalue weighted by atomic mass is 16.3. The Hall–Kier alpha value is -1.06. The maximum absolute atomic E-state index is 8.98. The van der Waals surface area contributed by atoms with E-state index in [0.29, 0.717) is 0 Å². The van der Waals surface area contributed by atoms with E-state index in [2.05, 4.69) is 41.4 Å². The largest absolute Gasteiger partial charge is 0.395 e. The quantitative estimate of drug-likeness (QED) is 0.797. The van der Waals surface area contributed by atoms with Crippen molar-refractivity contribution in [3.8, 4) is 0 Å². The third-order valence-electron chi connectivity index (χ3n) is 2.72. The second-order valence-corrected chi connectivity index (χ2v) is 4.46. The minimum absolute atomic E-state index is 0.128. The number of nitrogens with zero attached hydrogens (tertiary/aromatic N) is 1. The Morgan fingerprint density at radius 3 is 2.19 bits per heavy atom. The fourth-order valence-electron chi connectivity index (χ4n) is 1.64. The van der Waals surface area contributed by atoms with Crippen molar-refractivity contribution in [1.82, 2.24) is 5.32 Å². The molecule has 0 spiro atoms. The van der Waals surface area contributed by atoms with Crippen molar-refractivity contribution >= 4 is 5.69 Å². The summed E-state index contributed by atoms with van der Waals surface area (Å²) in [5.74, 6) is 0. The molecule has 3 heteroatoms. The molecule has 0 aliphatic heterocycles. The van der Waals surface area contributed by atoms with E-state index in [1.54, 1.807) is 0 Å². The molecule has 1 aromatic rings. The van der Waals surface area contributed by atoms with Crippen molar-refractivity contribution in [2.45, 2.75) is 25.9 Å². The second kappa shape index (κ2) is 5.87. The molecule has 1 rings (SSSR count). The van der Waals surface area contributed by atoms with Crippen LogP contribution >= 0.6 is 0 Å². The Balaban J connectivity index is 2.66. The van der Waals surface area contributed by atoms with Crippen molar-refractivity contribution < 1.29 is 5.11 Å². The molecule has 2 atom stereocenters. The first-order valence-corrected chi connectivity index (χ1v) is 5.68. The number of benzene rings is 1. The number of hydrogen-bond donors (Lipinski definition) is 2. The van der Waals surface area contributed by atoms with Crippen molar-refractivity contribution in [3.63, 3.8) is 0 Å². The van der Waals surface area contributed by atoms with Gasteiger partial charge in [-0.05, 0) is 31.5 Å². The molecule has 2 N–H and O–H groups in total. The Morgan fingerprint density at radius 1 is 1.19 bits per heavy atom. The Labute approximate surface area is 98.1 Å². The minimum Gasteiger partial charge on any atom is -0.395 e. The molecule has 0 saturated heterocycles. The summed E-state index contributed by atoms with van der Waals surface area (Å²) >= 11 is 0. The molecule has 90 valence electrons. The van der Waals surface area contributed by atoms with E-state index in [0.717, 1.165) is 0 Å². The summed E-state index contributed by atoms with van der Waals surface area (Å²) in [6, 6.07) is 8.85. The maximum Gasteiger partial charge on any atom is 0.0582 e. The minimum atomic E-state index is 0.128. The van der Waals surface area contributed by atoms with Crippen LogP contribution in [0.4, 0.5) is 5.69 Å². The van der Waals surface area contributed by atoms with Gasteiger partial charge in [0.2, 0.25) is 0 Å². The monoisotopic (exact) mass is 222 g/mol. The zero-order valence-corrected chi connectivity index (χ0v) is 10.6. The number of nitrogens with one attached hydrogen (secondary N) is 1. The van der Waals surface area contributed by atoms with Gasteiger partial charge in [-0.25, -0.2) is 0 Å². The molecule has 0 saturated carbocycles. The summed E-state index contributed by atoms with van der Waals surface area (Å²) in [6.07, 6.45) is 0. The lowest BCUT2D eigenvalue weighted by atomic mass is 10.1. The second-order valence-electron chi connectivity index (χ2n) is 4.46. The van der Waals surface area contributed by atoms with Crippen LogP contribution < -0.4 is 10.2 Å². The Bertz CT molecular complexity index is 308. The molecule has 0 radical (unpaired) electrons. The summed E-state index contributed by atoms with van der Waals surface area (Å²) in [6.45, 7) is 4.25. The first-order valence-electron chi connectivity index (χ1n) is 5.68. The average Bonchev–Trinajstić information content (AvgIpc) is 2.28. The molecule has 16 heavy (non-hydrogen) atoms. The lowest BCUT2D eigenvalue weighted by Crippen LogP contribution is -2.31. The summed E-state index contributed by atoms with van der Waals surface area (Å²) in [7, 11) is 4.06. The molecular formula is C13H22N2O. The van der Waals surface area contributed by atoms with Crippen LogP contribution in [0.2, 0.25) is 0 Å². The van der Waals surface area contributed by atoms with Crippen LogP contribution in [0.15, 0.2) is 24.3 Å². The standard InChI is InChI=1S/C13H22N2O/c1-10(9-16)14-11(2)12-5-7-13(8-6-12)15(3)4/h5-8,10-11,14,16H,9H2,1-4H3. The van der Waals surface area contributed by atoms with Crippen molar-refractivity contribution in [1.29, 1.82) is 0 Å². The number of aliphatic hydroxyl groups is 1. The molecule has 0 aromatic heterocycles. The predicted molar refractivity (Wildman–Crippen MR) is 68.9 cm³/mol. The zero-order chi connectivity index (χ0) is 12.1. The van der Waals surface area contributed by atoms with E-state index in [1.165, 1.54) is 11.3 Å². The molecule has 0 bridgehead atoms. The van der Waals surface area contributed by atoms with Gasteiger partial charge in [0.25, 0.3) is 0 Å².